The summed E-state index contributed by atoms with van der Waals surface area (Å²) in [4.78, 5) is 10.6. The molecule has 0 bridgehead atoms. The molecule has 1 aliphatic carbocycles. The summed E-state index contributed by atoms with van der Waals surface area (Å²) in [6, 6.07) is 6.49. The van der Waals surface area contributed by atoms with Gasteiger partial charge in [0, 0.05) is 18.1 Å². The van der Waals surface area contributed by atoms with Crippen molar-refractivity contribution in [2.45, 2.75) is 6.42 Å². The molecule has 0 radical (unpaired) electrons. The normalized spacial score (nSPS) is 22.1. The SMILES string of the molecule is O=C(O)c1ccc(C#C[C@H]2C[C@@H]2CO)cc1. The molecular formula is C13H12O3. The number of carboxylic acid groups (broad SMARTS) is 1. The van der Waals surface area contributed by atoms with Crippen molar-refractivity contribution >= 4 is 5.97 Å². The lowest BCUT2D eigenvalue weighted by Crippen LogP contribution is -1.94. The maximum absolute atomic E-state index is 10.6. The molecule has 0 aliphatic heterocycles. The van der Waals surface area contributed by atoms with Crippen molar-refractivity contribution in [3.63, 3.8) is 0 Å². The topological polar surface area (TPSA) is 57.5 Å². The second kappa shape index (κ2) is 4.38. The molecule has 3 nitrogen and oxygen atoms in total. The van der Waals surface area contributed by atoms with E-state index in [9.17, 15) is 4.79 Å². The molecule has 82 valence electrons. The number of carbonyl (C=O) groups is 1. The molecule has 0 saturated heterocycles. The lowest BCUT2D eigenvalue weighted by Gasteiger charge is -1.93. The zero-order chi connectivity index (χ0) is 11.5. The third-order valence-electron chi connectivity index (χ3n) is 2.69. The first-order valence-electron chi connectivity index (χ1n) is 5.16. The van der Waals surface area contributed by atoms with Gasteiger partial charge in [-0.1, -0.05) is 11.8 Å². The van der Waals surface area contributed by atoms with Crippen molar-refractivity contribution in [1.82, 2.24) is 0 Å². The van der Waals surface area contributed by atoms with Crippen molar-refractivity contribution in [3.8, 4) is 11.8 Å². The maximum Gasteiger partial charge on any atom is 0.335 e. The van der Waals surface area contributed by atoms with Gasteiger partial charge in [-0.05, 0) is 36.6 Å². The average Bonchev–Trinajstić information content (AvgIpc) is 3.05. The van der Waals surface area contributed by atoms with Crippen molar-refractivity contribution < 1.29 is 15.0 Å². The average molecular weight is 216 g/mol. The van der Waals surface area contributed by atoms with Crippen LogP contribution in [0.15, 0.2) is 24.3 Å². The highest BCUT2D eigenvalue weighted by Gasteiger charge is 2.34. The van der Waals surface area contributed by atoms with E-state index >= 15 is 0 Å². The minimum absolute atomic E-state index is 0.206. The largest absolute Gasteiger partial charge is 0.478 e. The van der Waals surface area contributed by atoms with Gasteiger partial charge in [0.05, 0.1) is 5.56 Å². The number of carboxylic acids is 1. The fraction of sp³-hybridized carbons (Fsp3) is 0.308. The van der Waals surface area contributed by atoms with Crippen LogP contribution in [0.3, 0.4) is 0 Å². The monoisotopic (exact) mass is 216 g/mol. The van der Waals surface area contributed by atoms with Crippen LogP contribution in [-0.4, -0.2) is 22.8 Å². The molecular weight excluding hydrogens is 204 g/mol. The summed E-state index contributed by atoms with van der Waals surface area (Å²) in [6.07, 6.45) is 0.969. The summed E-state index contributed by atoms with van der Waals surface area (Å²) in [5, 5.41) is 17.5. The molecule has 0 heterocycles. The Balaban J connectivity index is 2.03. The van der Waals surface area contributed by atoms with Crippen LogP contribution in [0.25, 0.3) is 0 Å². The number of aliphatic hydroxyl groups excluding tert-OH is 1. The van der Waals surface area contributed by atoms with E-state index in [0.29, 0.717) is 11.8 Å². The molecule has 1 aromatic rings. The van der Waals surface area contributed by atoms with E-state index in [2.05, 4.69) is 11.8 Å². The Morgan fingerprint density at radius 1 is 1.38 bits per heavy atom. The fourth-order valence-electron chi connectivity index (χ4n) is 1.50. The van der Waals surface area contributed by atoms with Crippen LogP contribution in [0.5, 0.6) is 0 Å². The van der Waals surface area contributed by atoms with Gasteiger partial charge >= 0.3 is 5.97 Å². The smallest absolute Gasteiger partial charge is 0.335 e. The molecule has 0 unspecified atom stereocenters. The standard InChI is InChI=1S/C13H12O3/c14-8-12-7-11(12)6-3-9-1-4-10(5-2-9)13(15)16/h1-2,4-5,11-12,14H,7-8H2,(H,15,16)/t11-,12+/m0/s1. The lowest BCUT2D eigenvalue weighted by molar-refractivity contribution is 0.0697. The number of aliphatic hydroxyl groups is 1. The zero-order valence-corrected chi connectivity index (χ0v) is 8.68. The van der Waals surface area contributed by atoms with E-state index in [-0.39, 0.29) is 12.2 Å². The first-order valence-corrected chi connectivity index (χ1v) is 5.16. The van der Waals surface area contributed by atoms with E-state index in [1.165, 1.54) is 0 Å². The van der Waals surface area contributed by atoms with E-state index in [1.807, 2.05) is 0 Å². The third kappa shape index (κ3) is 2.41. The van der Waals surface area contributed by atoms with Crippen LogP contribution in [0, 0.1) is 23.7 Å². The highest BCUT2D eigenvalue weighted by molar-refractivity contribution is 5.87. The van der Waals surface area contributed by atoms with Gasteiger partial charge < -0.3 is 10.2 Å². The lowest BCUT2D eigenvalue weighted by atomic mass is 10.1. The number of rotatable bonds is 2. The predicted octanol–water partition coefficient (Wildman–Crippen LogP) is 1.36. The number of benzene rings is 1. The summed E-state index contributed by atoms with van der Waals surface area (Å²) < 4.78 is 0. The number of hydrogen-bond donors (Lipinski definition) is 2. The van der Waals surface area contributed by atoms with Gasteiger partial charge in [-0.15, -0.1) is 0 Å². The molecule has 1 saturated carbocycles. The quantitative estimate of drug-likeness (QED) is 0.734. The van der Waals surface area contributed by atoms with Crippen LogP contribution in [0.4, 0.5) is 0 Å². The fourth-order valence-corrected chi connectivity index (χ4v) is 1.50. The summed E-state index contributed by atoms with van der Waals surface area (Å²) >= 11 is 0. The Hall–Kier alpha value is -1.79. The van der Waals surface area contributed by atoms with E-state index in [1.54, 1.807) is 24.3 Å². The summed E-state index contributed by atoms with van der Waals surface area (Å²) in [5.74, 6) is 5.77. The first kappa shape index (κ1) is 10.7. The molecule has 3 heteroatoms. The first-order chi connectivity index (χ1) is 7.70. The Kier molecular flexibility index (Phi) is 2.93. The van der Waals surface area contributed by atoms with Gasteiger partial charge in [0.2, 0.25) is 0 Å². The zero-order valence-electron chi connectivity index (χ0n) is 8.68. The Labute approximate surface area is 93.7 Å². The Morgan fingerprint density at radius 2 is 2.06 bits per heavy atom. The number of hydrogen-bond acceptors (Lipinski definition) is 2. The Morgan fingerprint density at radius 3 is 2.56 bits per heavy atom. The molecule has 0 amide bonds. The van der Waals surface area contributed by atoms with Crippen LogP contribution in [0.1, 0.15) is 22.3 Å². The van der Waals surface area contributed by atoms with Crippen molar-refractivity contribution in [2.75, 3.05) is 6.61 Å². The van der Waals surface area contributed by atoms with Crippen LogP contribution < -0.4 is 0 Å². The van der Waals surface area contributed by atoms with Crippen LogP contribution >= 0.6 is 0 Å². The van der Waals surface area contributed by atoms with E-state index in [0.717, 1.165) is 12.0 Å². The molecule has 1 aromatic carbocycles. The molecule has 2 rings (SSSR count). The minimum Gasteiger partial charge on any atom is -0.478 e. The van der Waals surface area contributed by atoms with Gasteiger partial charge in [-0.25, -0.2) is 4.79 Å². The summed E-state index contributed by atoms with van der Waals surface area (Å²) in [6.45, 7) is 0.206. The van der Waals surface area contributed by atoms with Crippen LogP contribution in [0.2, 0.25) is 0 Å². The van der Waals surface area contributed by atoms with Crippen LogP contribution in [-0.2, 0) is 0 Å². The highest BCUT2D eigenvalue weighted by atomic mass is 16.4. The van der Waals surface area contributed by atoms with Gasteiger partial charge in [-0.3, -0.25) is 0 Å². The third-order valence-corrected chi connectivity index (χ3v) is 2.69. The van der Waals surface area contributed by atoms with Gasteiger partial charge in [0.15, 0.2) is 0 Å². The second-order valence-corrected chi connectivity index (χ2v) is 3.94. The van der Waals surface area contributed by atoms with Crippen molar-refractivity contribution in [2.24, 2.45) is 11.8 Å². The Bertz CT molecular complexity index is 450. The van der Waals surface area contributed by atoms with Gasteiger partial charge in [-0.2, -0.15) is 0 Å². The predicted molar refractivity (Wildman–Crippen MR) is 59.0 cm³/mol. The molecule has 16 heavy (non-hydrogen) atoms. The minimum atomic E-state index is -0.929. The summed E-state index contributed by atoms with van der Waals surface area (Å²) in [5.41, 5.74) is 1.08. The van der Waals surface area contributed by atoms with Gasteiger partial charge in [0.25, 0.3) is 0 Å². The van der Waals surface area contributed by atoms with Crippen molar-refractivity contribution in [3.05, 3.63) is 35.4 Å². The maximum atomic E-state index is 10.6. The van der Waals surface area contributed by atoms with E-state index in [4.69, 9.17) is 10.2 Å². The highest BCUT2D eigenvalue weighted by Crippen LogP contribution is 2.36. The second-order valence-electron chi connectivity index (χ2n) is 3.94. The molecule has 2 N–H and O–H groups in total. The number of aromatic carboxylic acids is 1. The molecule has 1 fully saturated rings. The molecule has 2 atom stereocenters. The van der Waals surface area contributed by atoms with E-state index < -0.39 is 5.97 Å². The molecule has 0 spiro atoms. The van der Waals surface area contributed by atoms with Gasteiger partial charge in [0.1, 0.15) is 0 Å². The summed E-state index contributed by atoms with van der Waals surface area (Å²) in [7, 11) is 0. The molecule has 0 aromatic heterocycles. The van der Waals surface area contributed by atoms with Crippen molar-refractivity contribution in [1.29, 1.82) is 0 Å². The molecule has 1 aliphatic rings.